The van der Waals surface area contributed by atoms with Crippen LogP contribution in [0.15, 0.2) is 6.07 Å². The highest BCUT2D eigenvalue weighted by atomic mass is 35.5. The van der Waals surface area contributed by atoms with Crippen LogP contribution in [0.25, 0.3) is 21.1 Å². The van der Waals surface area contributed by atoms with Gasteiger partial charge < -0.3 is 0 Å². The molecule has 1 aromatic rings. The average Bonchev–Trinajstić information content (AvgIpc) is 2.41. The first-order chi connectivity index (χ1) is 9.01. The Morgan fingerprint density at radius 3 is 1.95 bits per heavy atom. The summed E-state index contributed by atoms with van der Waals surface area (Å²) in [5.74, 6) is 0. The van der Waals surface area contributed by atoms with Gasteiger partial charge in [-0.05, 0) is 6.07 Å². The topological polar surface area (TPSA) is 56.3 Å². The molecule has 0 unspecified atom stereocenters. The van der Waals surface area contributed by atoms with Crippen molar-refractivity contribution >= 4 is 46.2 Å². The molecule has 0 radical (unpaired) electrons. The van der Waals surface area contributed by atoms with Gasteiger partial charge in [0.1, 0.15) is 0 Å². The van der Waals surface area contributed by atoms with E-state index in [0.717, 1.165) is 0 Å². The number of hydrogen-bond donors (Lipinski definition) is 0. The first-order valence-electron chi connectivity index (χ1n) is 4.49. The van der Waals surface area contributed by atoms with Crippen LogP contribution in [-0.4, -0.2) is 0 Å². The Morgan fingerprint density at radius 2 is 1.53 bits per heavy atom. The Labute approximate surface area is 123 Å². The van der Waals surface area contributed by atoms with Crippen LogP contribution in [-0.2, 0) is 0 Å². The van der Waals surface area contributed by atoms with Gasteiger partial charge in [0.2, 0.25) is 0 Å². The lowest BCUT2D eigenvalue weighted by molar-refractivity contribution is 1.48. The van der Waals surface area contributed by atoms with E-state index < -0.39 is 0 Å². The molecular weight excluding hydrogens is 307 g/mol. The Balaban J connectivity index is 4.16. The minimum absolute atomic E-state index is 0.00291. The lowest BCUT2D eigenvalue weighted by atomic mass is 10.2. The summed E-state index contributed by atoms with van der Waals surface area (Å²) in [6, 6.07) is 4.56. The van der Waals surface area contributed by atoms with E-state index >= 15 is 0 Å². The highest BCUT2D eigenvalue weighted by Gasteiger charge is 2.12. The number of hydrogen-bond acceptors (Lipinski definition) is 2. The molecule has 0 N–H and O–H groups in total. The second-order valence-corrected chi connectivity index (χ2v) is 4.22. The van der Waals surface area contributed by atoms with E-state index in [0.29, 0.717) is 0 Å². The molecule has 4 nitrogen and oxygen atoms in total. The van der Waals surface area contributed by atoms with Crippen LogP contribution in [0.5, 0.6) is 0 Å². The molecule has 0 saturated heterocycles. The molecule has 0 aliphatic carbocycles. The summed E-state index contributed by atoms with van der Waals surface area (Å²) < 4.78 is 0. The lowest BCUT2D eigenvalue weighted by Crippen LogP contribution is -2.17. The van der Waals surface area contributed by atoms with Crippen molar-refractivity contribution in [2.75, 3.05) is 0 Å². The SMILES string of the molecule is [C-]#[N+]C(C#N)=c1cc(Cl)c(=C(C#N)[N+]#[C-])c(Cl)c1Cl. The van der Waals surface area contributed by atoms with Gasteiger partial charge in [0.15, 0.2) is 0 Å². The minimum atomic E-state index is -0.315. The van der Waals surface area contributed by atoms with Gasteiger partial charge in [-0.25, -0.2) is 20.2 Å². The molecular formula is C12HCl3N4. The molecule has 1 aromatic carbocycles. The van der Waals surface area contributed by atoms with E-state index in [1.165, 1.54) is 6.07 Å². The first-order valence-corrected chi connectivity index (χ1v) is 5.62. The van der Waals surface area contributed by atoms with Crippen molar-refractivity contribution in [2.45, 2.75) is 0 Å². The second-order valence-electron chi connectivity index (χ2n) is 3.05. The van der Waals surface area contributed by atoms with Crippen LogP contribution in [0.4, 0.5) is 0 Å². The number of benzene rings is 1. The van der Waals surface area contributed by atoms with Crippen molar-refractivity contribution in [1.82, 2.24) is 0 Å². The van der Waals surface area contributed by atoms with Gasteiger partial charge in [-0.3, -0.25) is 0 Å². The van der Waals surface area contributed by atoms with E-state index in [4.69, 9.17) is 58.5 Å². The zero-order valence-electron chi connectivity index (χ0n) is 9.00. The predicted octanol–water partition coefficient (Wildman–Crippen LogP) is 2.75. The van der Waals surface area contributed by atoms with Crippen LogP contribution in [0.2, 0.25) is 15.1 Å². The van der Waals surface area contributed by atoms with Gasteiger partial charge in [-0.1, -0.05) is 34.8 Å². The van der Waals surface area contributed by atoms with Crippen molar-refractivity contribution in [2.24, 2.45) is 0 Å². The van der Waals surface area contributed by atoms with Crippen LogP contribution < -0.4 is 10.4 Å². The fourth-order valence-corrected chi connectivity index (χ4v) is 2.14. The molecule has 1 rings (SSSR count). The summed E-state index contributed by atoms with van der Waals surface area (Å²) >= 11 is 17.8. The fourth-order valence-electron chi connectivity index (χ4n) is 1.27. The molecule has 0 aromatic heterocycles. The van der Waals surface area contributed by atoms with E-state index in [1.807, 2.05) is 0 Å². The minimum Gasteiger partial charge on any atom is -0.226 e. The monoisotopic (exact) mass is 306 g/mol. The van der Waals surface area contributed by atoms with Crippen molar-refractivity contribution in [1.29, 1.82) is 10.5 Å². The number of nitrogens with zero attached hydrogens (tertiary/aromatic N) is 4. The van der Waals surface area contributed by atoms with Gasteiger partial charge in [-0.2, -0.15) is 0 Å². The molecule has 0 heterocycles. The normalized spacial score (nSPS) is 12.4. The molecule has 0 aliphatic heterocycles. The Bertz CT molecular complexity index is 810. The first kappa shape index (κ1) is 14.8. The van der Waals surface area contributed by atoms with Crippen LogP contribution in [0, 0.1) is 35.8 Å². The summed E-state index contributed by atoms with van der Waals surface area (Å²) in [6.07, 6.45) is 0. The van der Waals surface area contributed by atoms with Crippen LogP contribution in [0.3, 0.4) is 0 Å². The predicted molar refractivity (Wildman–Crippen MR) is 72.0 cm³/mol. The maximum absolute atomic E-state index is 8.82. The van der Waals surface area contributed by atoms with Crippen LogP contribution in [0.1, 0.15) is 0 Å². The zero-order chi connectivity index (χ0) is 14.6. The van der Waals surface area contributed by atoms with E-state index in [-0.39, 0.29) is 36.9 Å². The second kappa shape index (κ2) is 6.10. The van der Waals surface area contributed by atoms with Crippen molar-refractivity contribution in [3.63, 3.8) is 0 Å². The molecule has 0 atom stereocenters. The third-order valence-electron chi connectivity index (χ3n) is 2.09. The molecule has 0 saturated carbocycles. The Kier molecular flexibility index (Phi) is 4.77. The third-order valence-corrected chi connectivity index (χ3v) is 3.25. The maximum atomic E-state index is 8.82. The smallest absolute Gasteiger partial charge is 0.226 e. The standard InChI is InChI=1S/C12HCl3N4/c1-18-8(4-16)6-3-7(13)10(9(5-17)19-2)12(15)11(6)14/h3H. The Hall–Kier alpha value is -2.21. The maximum Gasteiger partial charge on any atom is 0.271 e. The number of rotatable bonds is 0. The quantitative estimate of drug-likeness (QED) is 0.546. The highest BCUT2D eigenvalue weighted by Crippen LogP contribution is 2.19. The van der Waals surface area contributed by atoms with Gasteiger partial charge in [-0.15, -0.1) is 0 Å². The van der Waals surface area contributed by atoms with Crippen LogP contribution >= 0.6 is 34.8 Å². The fraction of sp³-hybridized carbons (Fsp3) is 0. The molecule has 19 heavy (non-hydrogen) atoms. The molecule has 7 heteroatoms. The van der Waals surface area contributed by atoms with E-state index in [2.05, 4.69) is 9.69 Å². The molecule has 0 bridgehead atoms. The summed E-state index contributed by atoms with van der Waals surface area (Å²) in [7, 11) is 0. The van der Waals surface area contributed by atoms with Crippen molar-refractivity contribution in [3.8, 4) is 12.1 Å². The molecule has 0 amide bonds. The largest absolute Gasteiger partial charge is 0.271 e. The summed E-state index contributed by atoms with van der Waals surface area (Å²) in [6.45, 7) is 13.7. The third kappa shape index (κ3) is 2.63. The van der Waals surface area contributed by atoms with E-state index in [1.54, 1.807) is 12.1 Å². The van der Waals surface area contributed by atoms with Gasteiger partial charge in [0.05, 0.1) is 35.3 Å². The lowest BCUT2D eigenvalue weighted by Gasteiger charge is -2.02. The number of halogens is 3. The van der Waals surface area contributed by atoms with Crippen molar-refractivity contribution in [3.05, 3.63) is 54.4 Å². The summed E-state index contributed by atoms with van der Waals surface area (Å²) in [4.78, 5) is 6.01. The summed E-state index contributed by atoms with van der Waals surface area (Å²) in [5.41, 5.74) is -0.591. The molecule has 0 fully saturated rings. The molecule has 90 valence electrons. The van der Waals surface area contributed by atoms with Gasteiger partial charge >= 0.3 is 0 Å². The highest BCUT2D eigenvalue weighted by molar-refractivity contribution is 6.43. The van der Waals surface area contributed by atoms with Crippen molar-refractivity contribution < 1.29 is 0 Å². The molecule has 0 aliphatic rings. The number of nitriles is 2. The van der Waals surface area contributed by atoms with E-state index in [9.17, 15) is 0 Å². The summed E-state index contributed by atoms with van der Waals surface area (Å²) in [5, 5.41) is 17.5. The van der Waals surface area contributed by atoms with Gasteiger partial charge in [0.25, 0.3) is 11.4 Å². The zero-order valence-corrected chi connectivity index (χ0v) is 11.3. The average molecular weight is 308 g/mol. The Morgan fingerprint density at radius 1 is 1.00 bits per heavy atom. The molecule has 0 spiro atoms. The van der Waals surface area contributed by atoms with Gasteiger partial charge in [0, 0.05) is 15.5 Å².